The van der Waals surface area contributed by atoms with Gasteiger partial charge in [-0.05, 0) is 24.1 Å². The Hall–Kier alpha value is -2.50. The molecule has 0 aliphatic carbocycles. The number of aromatic nitrogens is 2. The highest BCUT2D eigenvalue weighted by Gasteiger charge is 2.20. The van der Waals surface area contributed by atoms with Crippen LogP contribution in [-0.2, 0) is 11.2 Å². The Morgan fingerprint density at radius 1 is 1.50 bits per heavy atom. The van der Waals surface area contributed by atoms with E-state index in [1.165, 1.54) is 0 Å². The number of rotatable bonds is 4. The minimum absolute atomic E-state index is 0.00891. The van der Waals surface area contributed by atoms with Crippen LogP contribution in [0.15, 0.2) is 24.5 Å². The molecule has 104 valence electrons. The average molecular weight is 271 g/mol. The number of benzene rings is 1. The number of nitrogens with one attached hydrogen (secondary N) is 3. The Labute approximate surface area is 116 Å². The van der Waals surface area contributed by atoms with Crippen molar-refractivity contribution < 1.29 is 4.79 Å². The van der Waals surface area contributed by atoms with Crippen LogP contribution >= 0.6 is 0 Å². The number of carbonyl (C=O) groups excluding carboxylic acids is 1. The zero-order valence-electron chi connectivity index (χ0n) is 11.2. The molecule has 0 radical (unpaired) electrons. The summed E-state index contributed by atoms with van der Waals surface area (Å²) in [5, 5.41) is 6.21. The summed E-state index contributed by atoms with van der Waals surface area (Å²) in [7, 11) is 0. The molecule has 1 aliphatic heterocycles. The maximum atomic E-state index is 11.4. The number of hydrogen-bond donors (Lipinski definition) is 4. The number of imidazole rings is 1. The molecule has 1 atom stereocenters. The van der Waals surface area contributed by atoms with E-state index in [9.17, 15) is 4.79 Å². The minimum atomic E-state index is 0.00891. The lowest BCUT2D eigenvalue weighted by Crippen LogP contribution is -2.13. The SMILES string of the molecule is CCC(Nc1cc2c(cc1N)CC(=O)N2)c1ncc[nH]1. The fourth-order valence-corrected chi connectivity index (χ4v) is 2.44. The quantitative estimate of drug-likeness (QED) is 0.640. The Balaban J connectivity index is 1.87. The lowest BCUT2D eigenvalue weighted by Gasteiger charge is -2.18. The van der Waals surface area contributed by atoms with Gasteiger partial charge in [0.05, 0.1) is 23.8 Å². The zero-order valence-corrected chi connectivity index (χ0v) is 11.2. The van der Waals surface area contributed by atoms with Crippen LogP contribution in [0, 0.1) is 0 Å². The first-order valence-electron chi connectivity index (χ1n) is 6.65. The first kappa shape index (κ1) is 12.5. The van der Waals surface area contributed by atoms with Gasteiger partial charge in [-0.3, -0.25) is 4.79 Å². The maximum Gasteiger partial charge on any atom is 0.228 e. The summed E-state index contributed by atoms with van der Waals surface area (Å²) in [6, 6.07) is 3.80. The molecule has 6 heteroatoms. The highest BCUT2D eigenvalue weighted by Crippen LogP contribution is 2.33. The van der Waals surface area contributed by atoms with Gasteiger partial charge in [0.2, 0.25) is 5.91 Å². The fraction of sp³-hybridized carbons (Fsp3) is 0.286. The van der Waals surface area contributed by atoms with Crippen LogP contribution in [0.4, 0.5) is 17.1 Å². The molecule has 2 aromatic rings. The molecule has 1 aromatic carbocycles. The Morgan fingerprint density at radius 2 is 2.35 bits per heavy atom. The molecule has 3 rings (SSSR count). The molecule has 5 N–H and O–H groups in total. The highest BCUT2D eigenvalue weighted by molar-refractivity contribution is 6.00. The van der Waals surface area contributed by atoms with E-state index in [1.807, 2.05) is 12.1 Å². The van der Waals surface area contributed by atoms with Crippen molar-refractivity contribution in [2.75, 3.05) is 16.4 Å². The molecule has 1 unspecified atom stereocenters. The summed E-state index contributed by atoms with van der Waals surface area (Å²) >= 11 is 0. The molecule has 6 nitrogen and oxygen atoms in total. The van der Waals surface area contributed by atoms with Crippen molar-refractivity contribution in [2.45, 2.75) is 25.8 Å². The predicted octanol–water partition coefficient (Wildman–Crippen LogP) is 2.05. The lowest BCUT2D eigenvalue weighted by atomic mass is 10.1. The molecular weight excluding hydrogens is 254 g/mol. The number of amides is 1. The van der Waals surface area contributed by atoms with E-state index < -0.39 is 0 Å². The number of nitrogens with zero attached hydrogens (tertiary/aromatic N) is 1. The molecule has 0 bridgehead atoms. The second kappa shape index (κ2) is 4.88. The van der Waals surface area contributed by atoms with Gasteiger partial charge in [0, 0.05) is 18.1 Å². The summed E-state index contributed by atoms with van der Waals surface area (Å²) in [5.41, 5.74) is 9.30. The predicted molar refractivity (Wildman–Crippen MR) is 78.4 cm³/mol. The van der Waals surface area contributed by atoms with E-state index in [2.05, 4.69) is 27.5 Å². The second-order valence-corrected chi connectivity index (χ2v) is 4.90. The number of hydrogen-bond acceptors (Lipinski definition) is 4. The molecule has 1 aromatic heterocycles. The van der Waals surface area contributed by atoms with E-state index in [4.69, 9.17) is 5.73 Å². The topological polar surface area (TPSA) is 95.8 Å². The number of nitrogen functional groups attached to an aromatic ring is 1. The van der Waals surface area contributed by atoms with Gasteiger partial charge in [-0.25, -0.2) is 4.98 Å². The number of fused-ring (bicyclic) bond motifs is 1. The third-order valence-electron chi connectivity index (χ3n) is 3.49. The molecule has 20 heavy (non-hydrogen) atoms. The van der Waals surface area contributed by atoms with Gasteiger partial charge in [0.15, 0.2) is 0 Å². The minimum Gasteiger partial charge on any atom is -0.397 e. The van der Waals surface area contributed by atoms with Crippen LogP contribution < -0.4 is 16.4 Å². The zero-order chi connectivity index (χ0) is 14.1. The Kier molecular flexibility index (Phi) is 3.06. The van der Waals surface area contributed by atoms with Crippen molar-refractivity contribution in [1.29, 1.82) is 0 Å². The number of carbonyl (C=O) groups is 1. The van der Waals surface area contributed by atoms with Gasteiger partial charge >= 0.3 is 0 Å². The van der Waals surface area contributed by atoms with Crippen LogP contribution in [0.1, 0.15) is 30.8 Å². The molecule has 0 fully saturated rings. The normalized spacial score (nSPS) is 14.8. The monoisotopic (exact) mass is 271 g/mol. The van der Waals surface area contributed by atoms with Crippen molar-refractivity contribution >= 4 is 23.0 Å². The lowest BCUT2D eigenvalue weighted by molar-refractivity contribution is -0.115. The molecule has 0 saturated heterocycles. The van der Waals surface area contributed by atoms with E-state index >= 15 is 0 Å². The summed E-state index contributed by atoms with van der Waals surface area (Å²) in [4.78, 5) is 18.8. The number of aromatic amines is 1. The van der Waals surface area contributed by atoms with Gasteiger partial charge in [-0.1, -0.05) is 6.92 Å². The van der Waals surface area contributed by atoms with Crippen molar-refractivity contribution in [1.82, 2.24) is 9.97 Å². The van der Waals surface area contributed by atoms with Crippen LogP contribution in [0.5, 0.6) is 0 Å². The van der Waals surface area contributed by atoms with Crippen LogP contribution in [-0.4, -0.2) is 15.9 Å². The number of anilines is 3. The van der Waals surface area contributed by atoms with Crippen LogP contribution in [0.2, 0.25) is 0 Å². The van der Waals surface area contributed by atoms with Crippen LogP contribution in [0.3, 0.4) is 0 Å². The third-order valence-corrected chi connectivity index (χ3v) is 3.49. The summed E-state index contributed by atoms with van der Waals surface area (Å²) in [5.74, 6) is 0.881. The summed E-state index contributed by atoms with van der Waals surface area (Å²) in [6.45, 7) is 2.07. The van der Waals surface area contributed by atoms with Gasteiger partial charge in [-0.2, -0.15) is 0 Å². The summed E-state index contributed by atoms with van der Waals surface area (Å²) in [6.07, 6.45) is 4.80. The molecule has 2 heterocycles. The molecule has 1 amide bonds. The van der Waals surface area contributed by atoms with Gasteiger partial charge in [-0.15, -0.1) is 0 Å². The maximum absolute atomic E-state index is 11.4. The van der Waals surface area contributed by atoms with Gasteiger partial charge < -0.3 is 21.4 Å². The van der Waals surface area contributed by atoms with E-state index in [0.717, 1.165) is 29.2 Å². The van der Waals surface area contributed by atoms with Crippen LogP contribution in [0.25, 0.3) is 0 Å². The molecule has 0 spiro atoms. The third kappa shape index (κ3) is 2.20. The Morgan fingerprint density at radius 3 is 3.05 bits per heavy atom. The average Bonchev–Trinajstić information content (AvgIpc) is 3.04. The van der Waals surface area contributed by atoms with Crippen molar-refractivity contribution in [3.63, 3.8) is 0 Å². The van der Waals surface area contributed by atoms with E-state index in [-0.39, 0.29) is 11.9 Å². The number of nitrogens with two attached hydrogens (primary N) is 1. The smallest absolute Gasteiger partial charge is 0.228 e. The molecule has 1 aliphatic rings. The van der Waals surface area contributed by atoms with E-state index in [0.29, 0.717) is 12.1 Å². The van der Waals surface area contributed by atoms with Crippen molar-refractivity contribution in [2.24, 2.45) is 0 Å². The van der Waals surface area contributed by atoms with Gasteiger partial charge in [0.1, 0.15) is 5.82 Å². The molecule has 0 saturated carbocycles. The van der Waals surface area contributed by atoms with Crippen molar-refractivity contribution in [3.05, 3.63) is 35.9 Å². The first-order valence-corrected chi connectivity index (χ1v) is 6.65. The Bertz CT molecular complexity index is 635. The largest absolute Gasteiger partial charge is 0.397 e. The fourth-order valence-electron chi connectivity index (χ4n) is 2.44. The second-order valence-electron chi connectivity index (χ2n) is 4.90. The number of H-pyrrole nitrogens is 1. The van der Waals surface area contributed by atoms with Gasteiger partial charge in [0.25, 0.3) is 0 Å². The van der Waals surface area contributed by atoms with Crippen molar-refractivity contribution in [3.8, 4) is 0 Å². The first-order chi connectivity index (χ1) is 9.67. The van der Waals surface area contributed by atoms with E-state index in [1.54, 1.807) is 12.4 Å². The molecular formula is C14H17N5O. The highest BCUT2D eigenvalue weighted by atomic mass is 16.1. The standard InChI is InChI=1S/C14H17N5O/c1-2-10(14-16-3-4-17-14)18-12-7-11-8(5-9(12)15)6-13(20)19-11/h3-5,7,10,18H,2,6,15H2,1H3,(H,16,17)(H,19,20). The summed E-state index contributed by atoms with van der Waals surface area (Å²) < 4.78 is 0.